The Morgan fingerprint density at radius 1 is 1.30 bits per heavy atom. The van der Waals surface area contributed by atoms with Crippen LogP contribution in [0.5, 0.6) is 0 Å². The van der Waals surface area contributed by atoms with Crippen LogP contribution in [-0.4, -0.2) is 47.6 Å². The number of hydrogen-bond donors (Lipinski definition) is 2. The van der Waals surface area contributed by atoms with Crippen LogP contribution in [0.4, 0.5) is 15.9 Å². The molecule has 0 radical (unpaired) electrons. The SMILES string of the molecule is CCOC(=O)C1CCCN(c2ncc(NC(=O)c3ccccc3F)cc2C(=O)O)C1. The third-order valence-corrected chi connectivity index (χ3v) is 4.81. The molecule has 0 spiro atoms. The number of nitrogens with zero attached hydrogens (tertiary/aromatic N) is 2. The standard InChI is InChI=1S/C21H22FN3O5/c1-2-30-21(29)13-6-5-9-25(12-13)18-16(20(27)28)10-14(11-23-18)24-19(26)15-7-3-4-8-17(15)22/h3-4,7-8,10-11,13H,2,5-6,9,12H2,1H3,(H,24,26)(H,27,28). The highest BCUT2D eigenvalue weighted by atomic mass is 19.1. The summed E-state index contributed by atoms with van der Waals surface area (Å²) in [6.45, 7) is 2.86. The molecule has 0 bridgehead atoms. The second-order valence-electron chi connectivity index (χ2n) is 6.87. The van der Waals surface area contributed by atoms with E-state index < -0.39 is 17.7 Å². The van der Waals surface area contributed by atoms with E-state index in [4.69, 9.17) is 4.74 Å². The van der Waals surface area contributed by atoms with E-state index in [-0.39, 0.29) is 41.1 Å². The number of carboxylic acid groups (broad SMARTS) is 1. The quantitative estimate of drug-likeness (QED) is 0.698. The van der Waals surface area contributed by atoms with Crippen molar-refractivity contribution in [1.29, 1.82) is 0 Å². The molecule has 1 unspecified atom stereocenters. The lowest BCUT2D eigenvalue weighted by molar-refractivity contribution is -0.148. The summed E-state index contributed by atoms with van der Waals surface area (Å²) in [6.07, 6.45) is 2.67. The molecule has 1 aromatic heterocycles. The Labute approximate surface area is 172 Å². The van der Waals surface area contributed by atoms with E-state index in [1.165, 1.54) is 30.5 Å². The van der Waals surface area contributed by atoms with Gasteiger partial charge in [-0.3, -0.25) is 9.59 Å². The number of aromatic carboxylic acids is 1. The Bertz CT molecular complexity index is 965. The summed E-state index contributed by atoms with van der Waals surface area (Å²) in [5, 5.41) is 12.1. The molecule has 1 aliphatic rings. The van der Waals surface area contributed by atoms with Crippen molar-refractivity contribution in [3.63, 3.8) is 0 Å². The zero-order chi connectivity index (χ0) is 21.7. The molecular formula is C21H22FN3O5. The number of carboxylic acids is 1. The van der Waals surface area contributed by atoms with Gasteiger partial charge in [-0.05, 0) is 38.0 Å². The van der Waals surface area contributed by atoms with E-state index in [1.54, 1.807) is 11.8 Å². The molecular weight excluding hydrogens is 393 g/mol. The van der Waals surface area contributed by atoms with Crippen LogP contribution in [0, 0.1) is 11.7 Å². The minimum Gasteiger partial charge on any atom is -0.478 e. The van der Waals surface area contributed by atoms with Gasteiger partial charge in [-0.15, -0.1) is 0 Å². The molecule has 0 aliphatic carbocycles. The Morgan fingerprint density at radius 3 is 2.77 bits per heavy atom. The molecule has 2 heterocycles. The van der Waals surface area contributed by atoms with Gasteiger partial charge in [0.25, 0.3) is 5.91 Å². The smallest absolute Gasteiger partial charge is 0.339 e. The van der Waals surface area contributed by atoms with Gasteiger partial charge in [-0.1, -0.05) is 12.1 Å². The summed E-state index contributed by atoms with van der Waals surface area (Å²) in [7, 11) is 0. The maximum Gasteiger partial charge on any atom is 0.339 e. The fourth-order valence-corrected chi connectivity index (χ4v) is 3.40. The van der Waals surface area contributed by atoms with Crippen molar-refractivity contribution in [3.8, 4) is 0 Å². The number of hydrogen-bond acceptors (Lipinski definition) is 6. The lowest BCUT2D eigenvalue weighted by atomic mass is 9.98. The first-order chi connectivity index (χ1) is 14.4. The number of piperidine rings is 1. The predicted octanol–water partition coefficient (Wildman–Crippen LogP) is 2.95. The van der Waals surface area contributed by atoms with Gasteiger partial charge in [-0.2, -0.15) is 0 Å². The van der Waals surface area contributed by atoms with Crippen LogP contribution in [0.25, 0.3) is 0 Å². The van der Waals surface area contributed by atoms with Gasteiger partial charge in [0.2, 0.25) is 0 Å². The Morgan fingerprint density at radius 2 is 2.07 bits per heavy atom. The van der Waals surface area contributed by atoms with Crippen LogP contribution in [0.15, 0.2) is 36.5 Å². The normalized spacial score (nSPS) is 16.1. The summed E-state index contributed by atoms with van der Waals surface area (Å²) in [5.74, 6) is -3.08. The molecule has 1 saturated heterocycles. The Kier molecular flexibility index (Phi) is 6.61. The zero-order valence-electron chi connectivity index (χ0n) is 16.4. The number of esters is 1. The van der Waals surface area contributed by atoms with E-state index in [9.17, 15) is 23.9 Å². The van der Waals surface area contributed by atoms with Gasteiger partial charge >= 0.3 is 11.9 Å². The van der Waals surface area contributed by atoms with Crippen molar-refractivity contribution in [2.24, 2.45) is 5.92 Å². The third kappa shape index (κ3) is 4.73. The van der Waals surface area contributed by atoms with Crippen LogP contribution >= 0.6 is 0 Å². The first-order valence-corrected chi connectivity index (χ1v) is 9.61. The number of pyridine rings is 1. The monoisotopic (exact) mass is 415 g/mol. The molecule has 0 saturated carbocycles. The molecule has 1 amide bonds. The van der Waals surface area contributed by atoms with Gasteiger partial charge in [0.05, 0.1) is 30.0 Å². The second kappa shape index (κ2) is 9.34. The number of carbonyl (C=O) groups is 3. The van der Waals surface area contributed by atoms with Crippen molar-refractivity contribution in [2.45, 2.75) is 19.8 Å². The highest BCUT2D eigenvalue weighted by Gasteiger charge is 2.30. The first-order valence-electron chi connectivity index (χ1n) is 9.61. The van der Waals surface area contributed by atoms with E-state index in [0.717, 1.165) is 6.07 Å². The Balaban J connectivity index is 1.82. The first kappa shape index (κ1) is 21.2. The van der Waals surface area contributed by atoms with E-state index >= 15 is 0 Å². The molecule has 3 rings (SSSR count). The summed E-state index contributed by atoms with van der Waals surface area (Å²) in [5.41, 5.74) is -0.152. The number of carbonyl (C=O) groups excluding carboxylic acids is 2. The number of amides is 1. The van der Waals surface area contributed by atoms with Crippen LogP contribution in [0.1, 0.15) is 40.5 Å². The number of rotatable bonds is 6. The van der Waals surface area contributed by atoms with E-state index in [2.05, 4.69) is 10.3 Å². The summed E-state index contributed by atoms with van der Waals surface area (Å²) in [4.78, 5) is 42.1. The highest BCUT2D eigenvalue weighted by Crippen LogP contribution is 2.27. The molecule has 1 aliphatic heterocycles. The fourth-order valence-electron chi connectivity index (χ4n) is 3.40. The van der Waals surface area contributed by atoms with Crippen LogP contribution in [-0.2, 0) is 9.53 Å². The number of nitrogens with one attached hydrogen (secondary N) is 1. The van der Waals surface area contributed by atoms with Crippen LogP contribution < -0.4 is 10.2 Å². The van der Waals surface area contributed by atoms with Crippen molar-refractivity contribution in [2.75, 3.05) is 29.9 Å². The van der Waals surface area contributed by atoms with E-state index in [0.29, 0.717) is 25.9 Å². The zero-order valence-corrected chi connectivity index (χ0v) is 16.4. The van der Waals surface area contributed by atoms with Gasteiger partial charge in [0.15, 0.2) is 0 Å². The predicted molar refractivity (Wildman–Crippen MR) is 107 cm³/mol. The van der Waals surface area contributed by atoms with Crippen LogP contribution in [0.3, 0.4) is 0 Å². The lowest BCUT2D eigenvalue weighted by Gasteiger charge is -2.33. The molecule has 30 heavy (non-hydrogen) atoms. The molecule has 1 aromatic carbocycles. The summed E-state index contributed by atoms with van der Waals surface area (Å²) >= 11 is 0. The molecule has 1 atom stereocenters. The third-order valence-electron chi connectivity index (χ3n) is 4.81. The average molecular weight is 415 g/mol. The summed E-state index contributed by atoms with van der Waals surface area (Å²) < 4.78 is 18.9. The minimum absolute atomic E-state index is 0.120. The number of ether oxygens (including phenoxy) is 1. The molecule has 8 nitrogen and oxygen atoms in total. The lowest BCUT2D eigenvalue weighted by Crippen LogP contribution is -2.40. The average Bonchev–Trinajstić information content (AvgIpc) is 2.74. The Hall–Kier alpha value is -3.49. The topological polar surface area (TPSA) is 109 Å². The molecule has 158 valence electrons. The molecule has 9 heteroatoms. The minimum atomic E-state index is -1.22. The van der Waals surface area contributed by atoms with Crippen molar-refractivity contribution < 1.29 is 28.6 Å². The van der Waals surface area contributed by atoms with Crippen molar-refractivity contribution in [3.05, 3.63) is 53.5 Å². The molecule has 2 aromatic rings. The number of anilines is 2. The maximum atomic E-state index is 13.8. The number of halogens is 1. The van der Waals surface area contributed by atoms with Gasteiger partial charge in [-0.25, -0.2) is 14.2 Å². The largest absolute Gasteiger partial charge is 0.478 e. The molecule has 2 N–H and O–H groups in total. The highest BCUT2D eigenvalue weighted by molar-refractivity contribution is 6.05. The van der Waals surface area contributed by atoms with Crippen LogP contribution in [0.2, 0.25) is 0 Å². The number of aromatic nitrogens is 1. The van der Waals surface area contributed by atoms with Crippen molar-refractivity contribution in [1.82, 2.24) is 4.98 Å². The van der Waals surface area contributed by atoms with Gasteiger partial charge in [0, 0.05) is 13.1 Å². The van der Waals surface area contributed by atoms with Gasteiger partial charge in [0.1, 0.15) is 17.2 Å². The maximum absolute atomic E-state index is 13.8. The second-order valence-corrected chi connectivity index (χ2v) is 6.87. The van der Waals surface area contributed by atoms with Gasteiger partial charge < -0.3 is 20.1 Å². The van der Waals surface area contributed by atoms with E-state index in [1.807, 2.05) is 0 Å². The van der Waals surface area contributed by atoms with Crippen molar-refractivity contribution >= 4 is 29.4 Å². The summed E-state index contributed by atoms with van der Waals surface area (Å²) in [6, 6.07) is 6.76. The molecule has 1 fully saturated rings. The number of benzene rings is 1. The fraction of sp³-hybridized carbons (Fsp3) is 0.333.